The maximum absolute atomic E-state index is 11.9. The van der Waals surface area contributed by atoms with E-state index in [0.717, 1.165) is 11.1 Å². The molecule has 2 heterocycles. The first kappa shape index (κ1) is 13.9. The number of benzene rings is 1. The van der Waals surface area contributed by atoms with E-state index in [1.807, 2.05) is 31.2 Å². The van der Waals surface area contributed by atoms with Crippen molar-refractivity contribution in [2.24, 2.45) is 0 Å². The van der Waals surface area contributed by atoms with Crippen molar-refractivity contribution < 1.29 is 14.0 Å². The van der Waals surface area contributed by atoms with Crippen LogP contribution in [0.15, 0.2) is 47.1 Å². The SMILES string of the molecule is Cc1ccc(-c2ccc(CC(=O)C(=O)c3nc[nH]n3)o2)cc1. The topological polar surface area (TPSA) is 88.9 Å². The predicted molar refractivity (Wildman–Crippen MR) is 78.3 cm³/mol. The maximum atomic E-state index is 11.9. The van der Waals surface area contributed by atoms with Gasteiger partial charge in [-0.3, -0.25) is 14.7 Å². The van der Waals surface area contributed by atoms with E-state index >= 15 is 0 Å². The molecule has 0 aliphatic rings. The van der Waals surface area contributed by atoms with Crippen molar-refractivity contribution in [1.29, 1.82) is 0 Å². The minimum Gasteiger partial charge on any atom is -0.461 e. The quantitative estimate of drug-likeness (QED) is 0.576. The molecule has 0 atom stereocenters. The lowest BCUT2D eigenvalue weighted by atomic mass is 10.1. The number of aromatic amines is 1. The van der Waals surface area contributed by atoms with Crippen LogP contribution in [0.3, 0.4) is 0 Å². The Labute approximate surface area is 126 Å². The van der Waals surface area contributed by atoms with Crippen molar-refractivity contribution in [3.05, 3.63) is 59.9 Å². The van der Waals surface area contributed by atoms with Gasteiger partial charge in [0.1, 0.15) is 17.8 Å². The summed E-state index contributed by atoms with van der Waals surface area (Å²) in [5.41, 5.74) is 2.08. The number of rotatable bonds is 5. The molecule has 6 nitrogen and oxygen atoms in total. The Morgan fingerprint density at radius 1 is 1.14 bits per heavy atom. The Kier molecular flexibility index (Phi) is 3.65. The van der Waals surface area contributed by atoms with E-state index < -0.39 is 11.6 Å². The summed E-state index contributed by atoms with van der Waals surface area (Å²) < 4.78 is 5.63. The van der Waals surface area contributed by atoms with Crippen LogP contribution < -0.4 is 0 Å². The molecule has 0 aliphatic heterocycles. The third-order valence-electron chi connectivity index (χ3n) is 3.20. The third kappa shape index (κ3) is 2.85. The highest BCUT2D eigenvalue weighted by Crippen LogP contribution is 2.23. The van der Waals surface area contributed by atoms with Crippen LogP contribution in [-0.4, -0.2) is 26.7 Å². The van der Waals surface area contributed by atoms with E-state index in [4.69, 9.17) is 4.42 Å². The van der Waals surface area contributed by atoms with Crippen LogP contribution >= 0.6 is 0 Å². The molecule has 0 saturated heterocycles. The minimum atomic E-state index is -0.727. The van der Waals surface area contributed by atoms with Crippen molar-refractivity contribution in [2.45, 2.75) is 13.3 Å². The molecule has 3 rings (SSSR count). The summed E-state index contributed by atoms with van der Waals surface area (Å²) in [6.45, 7) is 2.00. The highest BCUT2D eigenvalue weighted by Gasteiger charge is 2.21. The first-order chi connectivity index (χ1) is 10.6. The summed E-state index contributed by atoms with van der Waals surface area (Å²) in [6.07, 6.45) is 1.14. The number of Topliss-reactive ketones (excluding diaryl/α,β-unsaturated/α-hetero) is 2. The van der Waals surface area contributed by atoms with Crippen molar-refractivity contribution in [3.63, 3.8) is 0 Å². The summed E-state index contributed by atoms with van der Waals surface area (Å²) in [5, 5.41) is 6.00. The van der Waals surface area contributed by atoms with Crippen LogP contribution in [0.4, 0.5) is 0 Å². The van der Waals surface area contributed by atoms with Crippen LogP contribution in [0.25, 0.3) is 11.3 Å². The molecular weight excluding hydrogens is 282 g/mol. The standard InChI is InChI=1S/C16H13N3O3/c1-10-2-4-11(5-3-10)14-7-6-12(22-14)8-13(20)15(21)16-17-9-18-19-16/h2-7,9H,8H2,1H3,(H,17,18,19). The first-order valence-corrected chi connectivity index (χ1v) is 6.72. The number of H-pyrrole nitrogens is 1. The zero-order valence-corrected chi connectivity index (χ0v) is 11.9. The van der Waals surface area contributed by atoms with Gasteiger partial charge in [-0.2, -0.15) is 0 Å². The van der Waals surface area contributed by atoms with Gasteiger partial charge in [0.15, 0.2) is 0 Å². The summed E-state index contributed by atoms with van der Waals surface area (Å²) >= 11 is 0. The lowest BCUT2D eigenvalue weighted by Crippen LogP contribution is -2.17. The van der Waals surface area contributed by atoms with Gasteiger partial charge in [-0.15, -0.1) is 5.10 Å². The molecule has 3 aromatic rings. The molecule has 1 N–H and O–H groups in total. The van der Waals surface area contributed by atoms with E-state index in [1.165, 1.54) is 6.33 Å². The molecule has 110 valence electrons. The molecule has 0 amide bonds. The number of carbonyl (C=O) groups is 2. The number of carbonyl (C=O) groups excluding carboxylic acids is 2. The van der Waals surface area contributed by atoms with Crippen LogP contribution in [0.1, 0.15) is 21.9 Å². The molecule has 1 aromatic carbocycles. The van der Waals surface area contributed by atoms with Gasteiger partial charge in [0, 0.05) is 5.56 Å². The van der Waals surface area contributed by atoms with E-state index in [2.05, 4.69) is 15.2 Å². The van der Waals surface area contributed by atoms with Crippen molar-refractivity contribution in [3.8, 4) is 11.3 Å². The largest absolute Gasteiger partial charge is 0.461 e. The molecule has 0 unspecified atom stereocenters. The maximum Gasteiger partial charge on any atom is 0.268 e. The summed E-state index contributed by atoms with van der Waals surface area (Å²) in [5.74, 6) is -0.369. The Bertz CT molecular complexity index is 802. The number of hydrogen-bond donors (Lipinski definition) is 1. The average molecular weight is 295 g/mol. The fourth-order valence-corrected chi connectivity index (χ4v) is 2.03. The van der Waals surface area contributed by atoms with Gasteiger partial charge in [-0.1, -0.05) is 29.8 Å². The Morgan fingerprint density at radius 2 is 1.91 bits per heavy atom. The zero-order chi connectivity index (χ0) is 15.5. The third-order valence-corrected chi connectivity index (χ3v) is 3.20. The molecule has 0 fully saturated rings. The number of nitrogens with zero attached hydrogens (tertiary/aromatic N) is 2. The molecule has 0 saturated carbocycles. The molecule has 0 spiro atoms. The first-order valence-electron chi connectivity index (χ1n) is 6.72. The number of hydrogen-bond acceptors (Lipinski definition) is 5. The smallest absolute Gasteiger partial charge is 0.268 e. The van der Waals surface area contributed by atoms with Gasteiger partial charge in [-0.05, 0) is 19.1 Å². The highest BCUT2D eigenvalue weighted by atomic mass is 16.3. The van der Waals surface area contributed by atoms with Gasteiger partial charge < -0.3 is 4.42 Å². The fraction of sp³-hybridized carbons (Fsp3) is 0.125. The zero-order valence-electron chi connectivity index (χ0n) is 11.9. The lowest BCUT2D eigenvalue weighted by Gasteiger charge is -1.98. The normalized spacial score (nSPS) is 10.6. The Balaban J connectivity index is 1.73. The number of ketones is 2. The van der Waals surface area contributed by atoms with E-state index in [9.17, 15) is 9.59 Å². The molecular formula is C16H13N3O3. The molecule has 0 radical (unpaired) electrons. The average Bonchev–Trinajstić information content (AvgIpc) is 3.18. The second-order valence-corrected chi connectivity index (χ2v) is 4.88. The van der Waals surface area contributed by atoms with Gasteiger partial charge in [0.25, 0.3) is 5.78 Å². The van der Waals surface area contributed by atoms with Gasteiger partial charge in [0.05, 0.1) is 6.42 Å². The second kappa shape index (κ2) is 5.77. The van der Waals surface area contributed by atoms with Gasteiger partial charge in [0.2, 0.25) is 11.6 Å². The second-order valence-electron chi connectivity index (χ2n) is 4.88. The summed E-state index contributed by atoms with van der Waals surface area (Å²) in [7, 11) is 0. The van der Waals surface area contributed by atoms with Crippen LogP contribution in [0.5, 0.6) is 0 Å². The molecule has 2 aromatic heterocycles. The number of nitrogens with one attached hydrogen (secondary N) is 1. The van der Waals surface area contributed by atoms with Crippen LogP contribution in [-0.2, 0) is 11.2 Å². The number of aromatic nitrogens is 3. The Hall–Kier alpha value is -3.02. The van der Waals surface area contributed by atoms with E-state index in [0.29, 0.717) is 11.5 Å². The molecule has 6 heteroatoms. The van der Waals surface area contributed by atoms with Crippen molar-refractivity contribution >= 4 is 11.6 Å². The molecule has 0 bridgehead atoms. The lowest BCUT2D eigenvalue weighted by molar-refractivity contribution is -0.114. The van der Waals surface area contributed by atoms with Gasteiger partial charge >= 0.3 is 0 Å². The number of furan rings is 1. The number of aryl methyl sites for hydroxylation is 1. The minimum absolute atomic E-state index is 0.112. The van der Waals surface area contributed by atoms with E-state index in [-0.39, 0.29) is 12.2 Å². The molecule has 0 aliphatic carbocycles. The van der Waals surface area contributed by atoms with Gasteiger partial charge in [-0.25, -0.2) is 4.98 Å². The molecule has 22 heavy (non-hydrogen) atoms. The van der Waals surface area contributed by atoms with E-state index in [1.54, 1.807) is 12.1 Å². The fourth-order valence-electron chi connectivity index (χ4n) is 2.03. The monoisotopic (exact) mass is 295 g/mol. The van der Waals surface area contributed by atoms with Crippen molar-refractivity contribution in [2.75, 3.05) is 0 Å². The van der Waals surface area contributed by atoms with Crippen molar-refractivity contribution in [1.82, 2.24) is 15.2 Å². The predicted octanol–water partition coefficient (Wildman–Crippen LogP) is 2.37. The highest BCUT2D eigenvalue weighted by molar-refractivity contribution is 6.42. The summed E-state index contributed by atoms with van der Waals surface area (Å²) in [6, 6.07) is 11.3. The van der Waals surface area contributed by atoms with Crippen LogP contribution in [0.2, 0.25) is 0 Å². The Morgan fingerprint density at radius 3 is 2.59 bits per heavy atom. The van der Waals surface area contributed by atoms with Crippen LogP contribution in [0, 0.1) is 6.92 Å². The summed E-state index contributed by atoms with van der Waals surface area (Å²) in [4.78, 5) is 27.4.